The zero-order valence-corrected chi connectivity index (χ0v) is 17.7. The predicted molar refractivity (Wildman–Crippen MR) is 113 cm³/mol. The van der Waals surface area contributed by atoms with Crippen molar-refractivity contribution >= 4 is 17.5 Å². The number of benzene rings is 2. The van der Waals surface area contributed by atoms with Crippen LogP contribution in [0.3, 0.4) is 0 Å². The third-order valence-corrected chi connectivity index (χ3v) is 5.28. The highest BCUT2D eigenvalue weighted by atomic mass is 35.5. The summed E-state index contributed by atoms with van der Waals surface area (Å²) in [6.45, 7) is 5.55. The second-order valence-electron chi connectivity index (χ2n) is 7.44. The monoisotopic (exact) mass is 426 g/mol. The molecule has 0 aliphatic carbocycles. The molecule has 8 heteroatoms. The number of aromatic nitrogens is 3. The van der Waals surface area contributed by atoms with Gasteiger partial charge in [0.15, 0.2) is 6.61 Å². The van der Waals surface area contributed by atoms with Gasteiger partial charge in [-0.25, -0.2) is 4.68 Å². The molecule has 0 spiro atoms. The average molecular weight is 427 g/mol. The molecule has 0 N–H and O–H groups in total. The standard InChI is InChI=1S/C22H23ClN4O3/c1-15-3-8-21(16(2)9-15)30-14-22(28)26-11-19(12-26)27-10-18(24-25-27)13-29-20-6-4-17(23)5-7-20/h3-10,19H,11-14H2,1-2H3. The Morgan fingerprint density at radius 3 is 2.63 bits per heavy atom. The van der Waals surface area contributed by atoms with Gasteiger partial charge in [0, 0.05) is 18.1 Å². The Bertz CT molecular complexity index is 1030. The number of aryl methyl sites for hydroxylation is 2. The summed E-state index contributed by atoms with van der Waals surface area (Å²) in [6.07, 6.45) is 1.86. The van der Waals surface area contributed by atoms with Crippen LogP contribution in [-0.2, 0) is 11.4 Å². The Labute approximate surface area is 180 Å². The normalized spacial score (nSPS) is 13.8. The van der Waals surface area contributed by atoms with E-state index in [1.165, 1.54) is 5.56 Å². The van der Waals surface area contributed by atoms with E-state index in [1.807, 2.05) is 50.4 Å². The highest BCUT2D eigenvalue weighted by Gasteiger charge is 2.33. The van der Waals surface area contributed by atoms with Gasteiger partial charge < -0.3 is 14.4 Å². The fourth-order valence-corrected chi connectivity index (χ4v) is 3.39. The molecule has 1 aliphatic rings. The van der Waals surface area contributed by atoms with Crippen LogP contribution in [0.25, 0.3) is 0 Å². The number of likely N-dealkylation sites (tertiary alicyclic amines) is 1. The van der Waals surface area contributed by atoms with Gasteiger partial charge in [-0.05, 0) is 49.7 Å². The van der Waals surface area contributed by atoms with E-state index in [-0.39, 0.29) is 18.6 Å². The molecule has 1 fully saturated rings. The fraction of sp³-hybridized carbons (Fsp3) is 0.318. The quantitative estimate of drug-likeness (QED) is 0.577. The molecule has 30 heavy (non-hydrogen) atoms. The molecule has 0 atom stereocenters. The van der Waals surface area contributed by atoms with Gasteiger partial charge in [0.25, 0.3) is 5.91 Å². The van der Waals surface area contributed by atoms with E-state index in [9.17, 15) is 4.79 Å². The molecule has 0 saturated carbocycles. The maximum atomic E-state index is 12.4. The number of carbonyl (C=O) groups excluding carboxylic acids is 1. The molecule has 7 nitrogen and oxygen atoms in total. The first-order valence-corrected chi connectivity index (χ1v) is 10.1. The third-order valence-electron chi connectivity index (χ3n) is 5.03. The number of carbonyl (C=O) groups is 1. The van der Waals surface area contributed by atoms with E-state index in [0.29, 0.717) is 24.7 Å². The van der Waals surface area contributed by atoms with Gasteiger partial charge in [-0.15, -0.1) is 5.10 Å². The highest BCUT2D eigenvalue weighted by molar-refractivity contribution is 6.30. The van der Waals surface area contributed by atoms with Crippen molar-refractivity contribution in [3.05, 3.63) is 70.5 Å². The van der Waals surface area contributed by atoms with Crippen LogP contribution in [0.4, 0.5) is 0 Å². The molecule has 1 aliphatic heterocycles. The number of hydrogen-bond acceptors (Lipinski definition) is 5. The van der Waals surface area contributed by atoms with E-state index in [4.69, 9.17) is 21.1 Å². The summed E-state index contributed by atoms with van der Waals surface area (Å²) in [4.78, 5) is 14.1. The molecule has 1 aromatic heterocycles. The Morgan fingerprint density at radius 2 is 1.90 bits per heavy atom. The molecule has 156 valence electrons. The number of rotatable bonds is 7. The third kappa shape index (κ3) is 4.74. The maximum absolute atomic E-state index is 12.4. The lowest BCUT2D eigenvalue weighted by Gasteiger charge is -2.38. The van der Waals surface area contributed by atoms with Gasteiger partial charge in [-0.1, -0.05) is 34.5 Å². The van der Waals surface area contributed by atoms with Gasteiger partial charge in [0.05, 0.1) is 12.2 Å². The number of nitrogens with zero attached hydrogens (tertiary/aromatic N) is 4. The Morgan fingerprint density at radius 1 is 1.13 bits per heavy atom. The molecular weight excluding hydrogens is 404 g/mol. The minimum absolute atomic E-state index is 0.0300. The largest absolute Gasteiger partial charge is 0.487 e. The first kappa shape index (κ1) is 20.2. The SMILES string of the molecule is Cc1ccc(OCC(=O)N2CC(n3cc(COc4ccc(Cl)cc4)nn3)C2)c(C)c1. The summed E-state index contributed by atoms with van der Waals surface area (Å²) in [6, 6.07) is 13.2. The first-order chi connectivity index (χ1) is 14.5. The summed E-state index contributed by atoms with van der Waals surface area (Å²) in [5, 5.41) is 8.98. The molecule has 3 aromatic rings. The minimum Gasteiger partial charge on any atom is -0.487 e. The molecule has 4 rings (SSSR count). The van der Waals surface area contributed by atoms with Gasteiger partial charge in [0.1, 0.15) is 23.8 Å². The van der Waals surface area contributed by atoms with Crippen LogP contribution in [0.5, 0.6) is 11.5 Å². The topological polar surface area (TPSA) is 69.5 Å². The summed E-state index contributed by atoms with van der Waals surface area (Å²) in [7, 11) is 0. The molecular formula is C22H23ClN4O3. The van der Waals surface area contributed by atoms with Crippen LogP contribution in [0.2, 0.25) is 5.02 Å². The zero-order valence-electron chi connectivity index (χ0n) is 16.9. The number of halogens is 1. The Hall–Kier alpha value is -3.06. The molecule has 0 unspecified atom stereocenters. The molecule has 1 saturated heterocycles. The summed E-state index contributed by atoms with van der Waals surface area (Å²) >= 11 is 5.87. The van der Waals surface area contributed by atoms with Crippen LogP contribution in [0.15, 0.2) is 48.7 Å². The summed E-state index contributed by atoms with van der Waals surface area (Å²) < 4.78 is 13.2. The molecule has 2 heterocycles. The minimum atomic E-state index is -0.0300. The van der Waals surface area contributed by atoms with Crippen molar-refractivity contribution in [2.45, 2.75) is 26.5 Å². The van der Waals surface area contributed by atoms with Crippen molar-refractivity contribution in [1.29, 1.82) is 0 Å². The molecule has 0 bridgehead atoms. The van der Waals surface area contributed by atoms with Crippen molar-refractivity contribution in [2.75, 3.05) is 19.7 Å². The number of ether oxygens (including phenoxy) is 2. The summed E-state index contributed by atoms with van der Waals surface area (Å²) in [5.74, 6) is 1.43. The van der Waals surface area contributed by atoms with Gasteiger partial charge in [0.2, 0.25) is 0 Å². The van der Waals surface area contributed by atoms with Crippen LogP contribution in [-0.4, -0.2) is 45.5 Å². The van der Waals surface area contributed by atoms with Crippen molar-refractivity contribution in [3.8, 4) is 11.5 Å². The predicted octanol–water partition coefficient (Wildman–Crippen LogP) is 3.59. The molecule has 0 radical (unpaired) electrons. The maximum Gasteiger partial charge on any atom is 0.260 e. The van der Waals surface area contributed by atoms with Crippen molar-refractivity contribution in [1.82, 2.24) is 19.9 Å². The molecule has 1 amide bonds. The smallest absolute Gasteiger partial charge is 0.260 e. The van der Waals surface area contributed by atoms with Crippen LogP contribution in [0, 0.1) is 13.8 Å². The van der Waals surface area contributed by atoms with E-state index < -0.39 is 0 Å². The zero-order chi connectivity index (χ0) is 21.1. The van der Waals surface area contributed by atoms with E-state index >= 15 is 0 Å². The lowest BCUT2D eigenvalue weighted by Crippen LogP contribution is -2.52. The lowest BCUT2D eigenvalue weighted by atomic mass is 10.1. The number of hydrogen-bond donors (Lipinski definition) is 0. The van der Waals surface area contributed by atoms with Gasteiger partial charge in [-0.2, -0.15) is 0 Å². The van der Waals surface area contributed by atoms with Gasteiger partial charge >= 0.3 is 0 Å². The van der Waals surface area contributed by atoms with Gasteiger partial charge in [-0.3, -0.25) is 4.79 Å². The Balaban J connectivity index is 1.23. The van der Waals surface area contributed by atoms with Crippen molar-refractivity contribution < 1.29 is 14.3 Å². The number of amides is 1. The summed E-state index contributed by atoms with van der Waals surface area (Å²) in [5.41, 5.74) is 2.93. The lowest BCUT2D eigenvalue weighted by molar-refractivity contribution is -0.139. The van der Waals surface area contributed by atoms with Crippen molar-refractivity contribution in [2.24, 2.45) is 0 Å². The second kappa shape index (κ2) is 8.75. The van der Waals surface area contributed by atoms with Crippen LogP contribution >= 0.6 is 11.6 Å². The highest BCUT2D eigenvalue weighted by Crippen LogP contribution is 2.23. The van der Waals surface area contributed by atoms with Crippen LogP contribution < -0.4 is 9.47 Å². The first-order valence-electron chi connectivity index (χ1n) is 9.75. The van der Waals surface area contributed by atoms with E-state index in [1.54, 1.807) is 21.7 Å². The van der Waals surface area contributed by atoms with Crippen LogP contribution in [0.1, 0.15) is 22.9 Å². The second-order valence-corrected chi connectivity index (χ2v) is 7.88. The van der Waals surface area contributed by atoms with E-state index in [0.717, 1.165) is 22.8 Å². The fourth-order valence-electron chi connectivity index (χ4n) is 3.26. The Kier molecular flexibility index (Phi) is 5.90. The van der Waals surface area contributed by atoms with E-state index in [2.05, 4.69) is 10.3 Å². The average Bonchev–Trinajstić information content (AvgIpc) is 3.14. The molecule has 2 aromatic carbocycles. The van der Waals surface area contributed by atoms with Crippen molar-refractivity contribution in [3.63, 3.8) is 0 Å².